The van der Waals surface area contributed by atoms with Crippen molar-refractivity contribution in [3.63, 3.8) is 0 Å². The fraction of sp³-hybridized carbons (Fsp3) is 1.00. The molecule has 0 heterocycles. The van der Waals surface area contributed by atoms with Crippen LogP contribution in [0.15, 0.2) is 0 Å². The molecular weight excluding hydrogens is 489 g/mol. The molecule has 0 amide bonds. The van der Waals surface area contributed by atoms with E-state index in [-0.39, 0.29) is 0 Å². The number of hydrogen-bond acceptors (Lipinski definition) is 0. The molecule has 0 nitrogen and oxygen atoms in total. The lowest BCUT2D eigenvalue weighted by Crippen LogP contribution is -2.62. The predicted octanol–water partition coefficient (Wildman–Crippen LogP) is 14.4. The number of hydrogen-bond donors (Lipinski definition) is 0. The van der Waals surface area contributed by atoms with Gasteiger partial charge in [0.1, 0.15) is 0 Å². The van der Waals surface area contributed by atoms with Crippen LogP contribution in [0.25, 0.3) is 0 Å². The van der Waals surface area contributed by atoms with E-state index in [0.29, 0.717) is 0 Å². The second-order valence-corrected chi connectivity index (χ2v) is 27.9. The van der Waals surface area contributed by atoms with E-state index in [0.717, 1.165) is 0 Å². The Labute approximate surface area is 246 Å². The van der Waals surface area contributed by atoms with Crippen molar-refractivity contribution in [1.82, 2.24) is 0 Å². The van der Waals surface area contributed by atoms with E-state index < -0.39 is 15.2 Å². The van der Waals surface area contributed by atoms with Gasteiger partial charge in [-0.15, -0.1) is 0 Å². The quantitative estimate of drug-likeness (QED) is 0.0578. The predicted molar refractivity (Wildman–Crippen MR) is 185 cm³/mol. The average Bonchev–Trinajstić information content (AvgIpc) is 2.93. The van der Waals surface area contributed by atoms with Gasteiger partial charge in [-0.3, -0.25) is 0 Å². The van der Waals surface area contributed by atoms with Crippen molar-refractivity contribution in [3.8, 4) is 0 Å². The number of unbranched alkanes of at least 4 members (excludes halogenated alkanes) is 18. The molecule has 0 bridgehead atoms. The maximum absolute atomic E-state index is 2.41. The van der Waals surface area contributed by atoms with Gasteiger partial charge in [-0.1, -0.05) is 232 Å². The lowest BCUT2D eigenvalue weighted by atomic mass is 10.2. The molecule has 0 atom stereocenters. The Morgan fingerprint density at radius 1 is 0.211 bits per heavy atom. The van der Waals surface area contributed by atoms with Crippen LogP contribution in [0, 0.1) is 0 Å². The molecule has 0 saturated carbocycles. The summed E-state index contributed by atoms with van der Waals surface area (Å²) in [6, 6.07) is 10.5. The Bertz CT molecular complexity index is 356. The molecular formula is C36H78Si2. The Morgan fingerprint density at radius 2 is 0.368 bits per heavy atom. The van der Waals surface area contributed by atoms with E-state index in [1.54, 1.807) is 74.8 Å². The highest BCUT2D eigenvalue weighted by molar-refractivity contribution is 7.42. The summed E-state index contributed by atoms with van der Waals surface area (Å²) < 4.78 is 0. The first-order valence-electron chi connectivity index (χ1n) is 18.6. The summed E-state index contributed by atoms with van der Waals surface area (Å²) in [7, 11) is -2.53. The zero-order chi connectivity index (χ0) is 28.2. The summed E-state index contributed by atoms with van der Waals surface area (Å²) in [4.78, 5) is 0. The van der Waals surface area contributed by atoms with Crippen LogP contribution >= 0.6 is 0 Å². The molecule has 0 aromatic carbocycles. The summed E-state index contributed by atoms with van der Waals surface area (Å²) in [5.41, 5.74) is 0. The molecule has 0 aliphatic rings. The fourth-order valence-corrected chi connectivity index (χ4v) is 30.7. The van der Waals surface area contributed by atoms with Crippen LogP contribution in [-0.4, -0.2) is 15.2 Å². The summed E-state index contributed by atoms with van der Waals surface area (Å²) >= 11 is 0. The highest BCUT2D eigenvalue weighted by Crippen LogP contribution is 2.46. The first-order valence-corrected chi connectivity index (χ1v) is 24.9. The standard InChI is InChI=1S/C36H78Si2/c1-7-13-19-25-31-37(32-26-20-14-8-2,33-27-21-15-9-3)38(34-28-22-16-10-4,35-29-23-17-11-5)36-30-24-18-12-6/h7-36H2,1-6H3. The minimum absolute atomic E-state index is 1.27. The van der Waals surface area contributed by atoms with Crippen LogP contribution in [0.5, 0.6) is 0 Å². The zero-order valence-electron chi connectivity index (χ0n) is 28.2. The minimum atomic E-state index is -1.27. The lowest BCUT2D eigenvalue weighted by molar-refractivity contribution is 0.656. The molecule has 0 aromatic heterocycles. The van der Waals surface area contributed by atoms with Crippen LogP contribution < -0.4 is 0 Å². The van der Waals surface area contributed by atoms with E-state index in [1.807, 2.05) is 0 Å². The van der Waals surface area contributed by atoms with Gasteiger partial charge in [0.05, 0.1) is 0 Å². The Hall–Kier alpha value is 0.434. The van der Waals surface area contributed by atoms with Gasteiger partial charge < -0.3 is 0 Å². The maximum atomic E-state index is 2.41. The largest absolute Gasteiger partial charge is 0.0654 e. The van der Waals surface area contributed by atoms with Crippen molar-refractivity contribution in [2.75, 3.05) is 0 Å². The normalized spacial score (nSPS) is 12.5. The zero-order valence-corrected chi connectivity index (χ0v) is 30.2. The van der Waals surface area contributed by atoms with Crippen LogP contribution in [0.3, 0.4) is 0 Å². The summed E-state index contributed by atoms with van der Waals surface area (Å²) in [6.45, 7) is 14.5. The van der Waals surface area contributed by atoms with Crippen molar-refractivity contribution >= 4 is 15.2 Å². The molecule has 38 heavy (non-hydrogen) atoms. The first kappa shape index (κ1) is 38.4. The van der Waals surface area contributed by atoms with Gasteiger partial charge in [0, 0.05) is 15.2 Å². The third kappa shape index (κ3) is 17.3. The van der Waals surface area contributed by atoms with E-state index in [4.69, 9.17) is 0 Å². The second-order valence-electron chi connectivity index (χ2n) is 13.4. The van der Waals surface area contributed by atoms with Crippen molar-refractivity contribution in [3.05, 3.63) is 0 Å². The molecule has 0 spiro atoms. The third-order valence-corrected chi connectivity index (χ3v) is 31.5. The lowest BCUT2D eigenvalue weighted by Gasteiger charge is -2.50. The summed E-state index contributed by atoms with van der Waals surface area (Å²) in [6.07, 6.45) is 36.0. The molecule has 2 heteroatoms. The third-order valence-electron chi connectivity index (χ3n) is 10.2. The van der Waals surface area contributed by atoms with Gasteiger partial charge in [0.15, 0.2) is 0 Å². The van der Waals surface area contributed by atoms with Crippen LogP contribution in [0.1, 0.15) is 196 Å². The Morgan fingerprint density at radius 3 is 0.500 bits per heavy atom. The van der Waals surface area contributed by atoms with Gasteiger partial charge in [-0.25, -0.2) is 0 Å². The molecule has 0 rings (SSSR count). The van der Waals surface area contributed by atoms with Crippen LogP contribution in [-0.2, 0) is 0 Å². The van der Waals surface area contributed by atoms with Gasteiger partial charge in [0.25, 0.3) is 0 Å². The maximum Gasteiger partial charge on any atom is 0.0479 e. The van der Waals surface area contributed by atoms with Crippen molar-refractivity contribution in [2.24, 2.45) is 0 Å². The smallest absolute Gasteiger partial charge is 0.0479 e. The molecule has 0 N–H and O–H groups in total. The van der Waals surface area contributed by atoms with E-state index >= 15 is 0 Å². The molecule has 0 saturated heterocycles. The molecule has 0 aromatic rings. The molecule has 0 unspecified atom stereocenters. The van der Waals surface area contributed by atoms with Gasteiger partial charge in [-0.2, -0.15) is 0 Å². The van der Waals surface area contributed by atoms with Crippen LogP contribution in [0.2, 0.25) is 36.3 Å². The Balaban J connectivity index is 6.33. The average molecular weight is 567 g/mol. The molecule has 0 aliphatic heterocycles. The molecule has 0 aliphatic carbocycles. The monoisotopic (exact) mass is 567 g/mol. The highest BCUT2D eigenvalue weighted by Gasteiger charge is 2.51. The first-order chi connectivity index (χ1) is 18.6. The van der Waals surface area contributed by atoms with Crippen molar-refractivity contribution in [2.45, 2.75) is 232 Å². The minimum Gasteiger partial charge on any atom is -0.0654 e. The van der Waals surface area contributed by atoms with Crippen LogP contribution in [0.4, 0.5) is 0 Å². The Kier molecular flexibility index (Phi) is 27.9. The topological polar surface area (TPSA) is 0 Å². The van der Waals surface area contributed by atoms with E-state index in [9.17, 15) is 0 Å². The molecule has 0 fully saturated rings. The summed E-state index contributed by atoms with van der Waals surface area (Å²) in [5, 5.41) is 0. The van der Waals surface area contributed by atoms with Gasteiger partial charge in [0.2, 0.25) is 0 Å². The van der Waals surface area contributed by atoms with E-state index in [1.165, 1.54) is 116 Å². The van der Waals surface area contributed by atoms with E-state index in [2.05, 4.69) is 41.5 Å². The van der Waals surface area contributed by atoms with Crippen molar-refractivity contribution < 1.29 is 0 Å². The van der Waals surface area contributed by atoms with Gasteiger partial charge in [-0.05, 0) is 0 Å². The molecule has 0 radical (unpaired) electrons. The second kappa shape index (κ2) is 27.6. The summed E-state index contributed by atoms with van der Waals surface area (Å²) in [5.74, 6) is 0. The SMILES string of the molecule is CCCCCC[Si](CCCCCC)(CCCCCC)[Si](CCCCCC)(CCCCCC)CCCCCC. The molecule has 230 valence electrons. The number of rotatable bonds is 31. The highest BCUT2D eigenvalue weighted by atomic mass is 29.3. The van der Waals surface area contributed by atoms with Gasteiger partial charge >= 0.3 is 0 Å². The van der Waals surface area contributed by atoms with Crippen molar-refractivity contribution in [1.29, 1.82) is 0 Å². The fourth-order valence-electron chi connectivity index (χ4n) is 7.68.